The molecule has 10 heteroatoms. The second-order valence-corrected chi connectivity index (χ2v) is 12.7. The number of rotatable bonds is 12. The van der Waals surface area contributed by atoms with Crippen LogP contribution in [0.25, 0.3) is 0 Å². The van der Waals surface area contributed by atoms with E-state index < -0.39 is 28.5 Å². The molecule has 7 nitrogen and oxygen atoms in total. The van der Waals surface area contributed by atoms with Crippen LogP contribution in [0.15, 0.2) is 108 Å². The van der Waals surface area contributed by atoms with Crippen LogP contribution in [0.3, 0.4) is 0 Å². The van der Waals surface area contributed by atoms with Crippen LogP contribution >= 0.6 is 23.2 Å². The summed E-state index contributed by atoms with van der Waals surface area (Å²) in [6.07, 6.45) is 0.229. The minimum Gasteiger partial charge on any atom is -0.355 e. The topological polar surface area (TPSA) is 86.8 Å². The number of likely N-dealkylation sites (N-methyl/N-ethyl adjacent to an activating group) is 1. The first-order valence-corrected chi connectivity index (χ1v) is 16.0. The van der Waals surface area contributed by atoms with Gasteiger partial charge in [-0.15, -0.1) is 0 Å². The molecule has 0 saturated carbocycles. The summed E-state index contributed by atoms with van der Waals surface area (Å²) in [5, 5.41) is 3.72. The van der Waals surface area contributed by atoms with Gasteiger partial charge in [-0.2, -0.15) is 0 Å². The first-order valence-electron chi connectivity index (χ1n) is 13.8. The second-order valence-electron chi connectivity index (χ2n) is 10.0. The zero-order chi connectivity index (χ0) is 31.0. The zero-order valence-electron chi connectivity index (χ0n) is 23.9. The van der Waals surface area contributed by atoms with Crippen molar-refractivity contribution in [1.82, 2.24) is 10.2 Å². The second kappa shape index (κ2) is 14.6. The number of aryl methyl sites for hydroxylation is 1. The number of carbonyl (C=O) groups excluding carboxylic acids is 2. The molecule has 0 saturated heterocycles. The molecule has 0 radical (unpaired) electrons. The molecule has 2 amide bonds. The fourth-order valence-electron chi connectivity index (χ4n) is 4.77. The SMILES string of the molecule is CCNC(=O)C(Cc1ccccc1)N(Cc1cccc(Cl)c1)C(=O)CN(c1ccccc1C)S(=O)(=O)c1ccc(Cl)cc1. The molecule has 0 aliphatic carbocycles. The van der Waals surface area contributed by atoms with Crippen molar-refractivity contribution in [2.24, 2.45) is 0 Å². The fraction of sp³-hybridized carbons (Fsp3) is 0.212. The van der Waals surface area contributed by atoms with E-state index in [1.807, 2.05) is 36.4 Å². The van der Waals surface area contributed by atoms with Crippen LogP contribution in [0, 0.1) is 6.92 Å². The Labute approximate surface area is 263 Å². The van der Waals surface area contributed by atoms with Gasteiger partial charge in [-0.1, -0.05) is 83.9 Å². The van der Waals surface area contributed by atoms with Gasteiger partial charge in [-0.25, -0.2) is 8.42 Å². The van der Waals surface area contributed by atoms with Crippen molar-refractivity contribution in [1.29, 1.82) is 0 Å². The Morgan fingerprint density at radius 3 is 2.12 bits per heavy atom. The molecule has 0 heterocycles. The van der Waals surface area contributed by atoms with Crippen molar-refractivity contribution in [3.8, 4) is 0 Å². The van der Waals surface area contributed by atoms with E-state index in [1.165, 1.54) is 29.2 Å². The first kappa shape index (κ1) is 32.1. The molecule has 0 fully saturated rings. The molecular weight excluding hydrogens is 605 g/mol. The standard InChI is InChI=1S/C33H33Cl2N3O4S/c1-3-36-33(40)31(21-25-11-5-4-6-12-25)37(22-26-13-9-14-28(35)20-26)32(39)23-38(30-15-8-7-10-24(30)2)43(41,42)29-18-16-27(34)17-19-29/h4-20,31H,3,21-23H2,1-2H3,(H,36,40). The molecule has 4 rings (SSSR count). The van der Waals surface area contributed by atoms with Crippen LogP contribution in [0.4, 0.5) is 5.69 Å². The van der Waals surface area contributed by atoms with E-state index in [0.717, 1.165) is 9.87 Å². The Morgan fingerprint density at radius 1 is 0.814 bits per heavy atom. The van der Waals surface area contributed by atoms with Gasteiger partial charge < -0.3 is 10.2 Å². The average molecular weight is 639 g/mol. The Balaban J connectivity index is 1.80. The maximum atomic E-state index is 14.4. The van der Waals surface area contributed by atoms with Crippen molar-refractivity contribution in [2.45, 2.75) is 37.8 Å². The molecule has 0 aromatic heterocycles. The van der Waals surface area contributed by atoms with Gasteiger partial charge in [0.25, 0.3) is 10.0 Å². The molecule has 0 aliphatic rings. The predicted octanol–water partition coefficient (Wildman–Crippen LogP) is 6.27. The van der Waals surface area contributed by atoms with Crippen LogP contribution < -0.4 is 9.62 Å². The maximum Gasteiger partial charge on any atom is 0.264 e. The summed E-state index contributed by atoms with van der Waals surface area (Å²) in [6, 6.07) is 28.2. The molecule has 4 aromatic rings. The van der Waals surface area contributed by atoms with Crippen molar-refractivity contribution in [3.05, 3.63) is 130 Å². The number of amides is 2. The molecule has 4 aromatic carbocycles. The molecular formula is C33H33Cl2N3O4S. The van der Waals surface area contributed by atoms with Crippen LogP contribution in [0.5, 0.6) is 0 Å². The lowest BCUT2D eigenvalue weighted by Gasteiger charge is -2.34. The highest BCUT2D eigenvalue weighted by Crippen LogP contribution is 2.28. The number of halogens is 2. The molecule has 1 unspecified atom stereocenters. The predicted molar refractivity (Wildman–Crippen MR) is 172 cm³/mol. The number of benzene rings is 4. The number of nitrogens with zero attached hydrogens (tertiary/aromatic N) is 2. The minimum atomic E-state index is -4.21. The fourth-order valence-corrected chi connectivity index (χ4v) is 6.59. The summed E-state index contributed by atoms with van der Waals surface area (Å²) in [6.45, 7) is 3.45. The molecule has 43 heavy (non-hydrogen) atoms. The molecule has 0 aliphatic heterocycles. The number of nitrogens with one attached hydrogen (secondary N) is 1. The van der Waals surface area contributed by atoms with Crippen LogP contribution in [0.2, 0.25) is 10.0 Å². The number of anilines is 1. The van der Waals surface area contributed by atoms with Gasteiger partial charge in [0.15, 0.2) is 0 Å². The Kier molecular flexibility index (Phi) is 10.9. The van der Waals surface area contributed by atoms with E-state index in [9.17, 15) is 18.0 Å². The quantitative estimate of drug-likeness (QED) is 0.198. The zero-order valence-corrected chi connectivity index (χ0v) is 26.2. The summed E-state index contributed by atoms with van der Waals surface area (Å²) in [5.74, 6) is -0.891. The van der Waals surface area contributed by atoms with Crippen molar-refractivity contribution < 1.29 is 18.0 Å². The van der Waals surface area contributed by atoms with Gasteiger partial charge in [-0.3, -0.25) is 13.9 Å². The van der Waals surface area contributed by atoms with E-state index >= 15 is 0 Å². The number of carbonyl (C=O) groups is 2. The van der Waals surface area contributed by atoms with Gasteiger partial charge in [0.1, 0.15) is 12.6 Å². The minimum absolute atomic E-state index is 0.0149. The summed E-state index contributed by atoms with van der Waals surface area (Å²) in [5.41, 5.74) is 2.57. The van der Waals surface area contributed by atoms with Gasteiger partial charge in [0, 0.05) is 29.6 Å². The number of sulfonamides is 1. The third-order valence-corrected chi connectivity index (χ3v) is 9.19. The third kappa shape index (κ3) is 8.16. The van der Waals surface area contributed by atoms with Crippen LogP contribution in [-0.4, -0.2) is 44.3 Å². The molecule has 1 atom stereocenters. The summed E-state index contributed by atoms with van der Waals surface area (Å²) >= 11 is 12.3. The highest BCUT2D eigenvalue weighted by atomic mass is 35.5. The van der Waals surface area contributed by atoms with Crippen molar-refractivity contribution in [3.63, 3.8) is 0 Å². The smallest absolute Gasteiger partial charge is 0.264 e. The van der Waals surface area contributed by atoms with Gasteiger partial charge >= 0.3 is 0 Å². The lowest BCUT2D eigenvalue weighted by Crippen LogP contribution is -2.53. The lowest BCUT2D eigenvalue weighted by molar-refractivity contribution is -0.140. The molecule has 0 spiro atoms. The van der Waals surface area contributed by atoms with E-state index in [2.05, 4.69) is 5.32 Å². The van der Waals surface area contributed by atoms with E-state index in [4.69, 9.17) is 23.2 Å². The normalized spacial score (nSPS) is 11.9. The van der Waals surface area contributed by atoms with Crippen molar-refractivity contribution in [2.75, 3.05) is 17.4 Å². The molecule has 0 bridgehead atoms. The lowest BCUT2D eigenvalue weighted by atomic mass is 10.0. The molecule has 224 valence electrons. The first-order chi connectivity index (χ1) is 20.6. The Morgan fingerprint density at radius 2 is 1.47 bits per heavy atom. The summed E-state index contributed by atoms with van der Waals surface area (Å²) in [7, 11) is -4.21. The largest absolute Gasteiger partial charge is 0.355 e. The molecule has 1 N–H and O–H groups in total. The average Bonchev–Trinajstić information content (AvgIpc) is 2.99. The monoisotopic (exact) mass is 637 g/mol. The Hall–Kier alpha value is -3.85. The highest BCUT2D eigenvalue weighted by molar-refractivity contribution is 7.92. The number of para-hydroxylation sites is 1. The van der Waals surface area contributed by atoms with Gasteiger partial charge in [-0.05, 0) is 73.0 Å². The van der Waals surface area contributed by atoms with Crippen LogP contribution in [-0.2, 0) is 32.6 Å². The highest BCUT2D eigenvalue weighted by Gasteiger charge is 2.35. The number of hydrogen-bond donors (Lipinski definition) is 1. The third-order valence-electron chi connectivity index (χ3n) is 6.93. The Bertz CT molecular complexity index is 1670. The van der Waals surface area contributed by atoms with E-state index in [1.54, 1.807) is 56.3 Å². The van der Waals surface area contributed by atoms with Crippen LogP contribution in [0.1, 0.15) is 23.6 Å². The van der Waals surface area contributed by atoms with E-state index in [-0.39, 0.29) is 23.8 Å². The maximum absolute atomic E-state index is 14.4. The van der Waals surface area contributed by atoms with Gasteiger partial charge in [0.05, 0.1) is 10.6 Å². The van der Waals surface area contributed by atoms with Gasteiger partial charge in [0.2, 0.25) is 11.8 Å². The summed E-state index contributed by atoms with van der Waals surface area (Å²) < 4.78 is 29.2. The number of hydrogen-bond acceptors (Lipinski definition) is 4. The van der Waals surface area contributed by atoms with Crippen molar-refractivity contribution >= 4 is 50.7 Å². The summed E-state index contributed by atoms with van der Waals surface area (Å²) in [4.78, 5) is 29.3. The van der Waals surface area contributed by atoms with E-state index in [0.29, 0.717) is 33.4 Å².